The van der Waals surface area contributed by atoms with Crippen molar-refractivity contribution in [1.82, 2.24) is 25.2 Å². The summed E-state index contributed by atoms with van der Waals surface area (Å²) in [4.78, 5) is 27.3. The van der Waals surface area contributed by atoms with E-state index in [1.54, 1.807) is 11.3 Å². The number of nitrogens with one attached hydrogen (secondary N) is 2. The fraction of sp³-hybridized carbons (Fsp3) is 0.421. The van der Waals surface area contributed by atoms with E-state index in [0.717, 1.165) is 59.8 Å². The number of urea groups is 1. The number of nitrogens with zero attached hydrogens (tertiary/aromatic N) is 3. The summed E-state index contributed by atoms with van der Waals surface area (Å²) in [6.45, 7) is 3.32. The van der Waals surface area contributed by atoms with Gasteiger partial charge in [0, 0.05) is 11.9 Å². The molecule has 1 unspecified atom stereocenters. The number of H-pyrrole nitrogens is 1. The first-order valence-electron chi connectivity index (χ1n) is 9.17. The third-order valence-electron chi connectivity index (χ3n) is 4.81. The number of likely N-dealkylation sites (tertiary alicyclic amines) is 1. The maximum atomic E-state index is 12.8. The summed E-state index contributed by atoms with van der Waals surface area (Å²) in [5.41, 5.74) is 2.89. The maximum Gasteiger partial charge on any atom is 0.318 e. The molecule has 1 fully saturated rings. The van der Waals surface area contributed by atoms with Crippen LogP contribution in [0.1, 0.15) is 48.8 Å². The zero-order chi connectivity index (χ0) is 17.9. The number of imidazole rings is 1. The lowest BCUT2D eigenvalue weighted by atomic mass is 10.0. The van der Waals surface area contributed by atoms with E-state index >= 15 is 0 Å². The molecule has 0 aliphatic carbocycles. The van der Waals surface area contributed by atoms with Gasteiger partial charge in [-0.1, -0.05) is 19.1 Å². The molecule has 2 N–H and O–H groups in total. The van der Waals surface area contributed by atoms with Crippen LogP contribution in [0.3, 0.4) is 0 Å². The number of fused-ring (bicyclic) bond motifs is 1. The molecule has 1 aliphatic rings. The smallest absolute Gasteiger partial charge is 0.318 e. The first kappa shape index (κ1) is 17.0. The van der Waals surface area contributed by atoms with Crippen LogP contribution < -0.4 is 5.32 Å². The Morgan fingerprint density at radius 1 is 1.35 bits per heavy atom. The van der Waals surface area contributed by atoms with Gasteiger partial charge >= 0.3 is 6.03 Å². The Labute approximate surface area is 156 Å². The van der Waals surface area contributed by atoms with Gasteiger partial charge in [-0.25, -0.2) is 14.8 Å². The molecular formula is C19H23N5OS. The van der Waals surface area contributed by atoms with Gasteiger partial charge in [-0.05, 0) is 37.8 Å². The van der Waals surface area contributed by atoms with E-state index in [2.05, 4.69) is 22.2 Å². The van der Waals surface area contributed by atoms with Crippen LogP contribution in [0.4, 0.5) is 4.79 Å². The molecule has 136 valence electrons. The molecule has 6 nitrogen and oxygen atoms in total. The molecule has 1 aliphatic heterocycles. The van der Waals surface area contributed by atoms with Crippen LogP contribution in [-0.2, 0) is 13.0 Å². The minimum Gasteiger partial charge on any atom is -0.340 e. The SMILES string of the molecule is CCc1nc(CNC(=O)N2CCCCC2c2nc3ccccc3[nH]2)cs1. The number of aryl methyl sites for hydroxylation is 1. The quantitative estimate of drug-likeness (QED) is 0.729. The number of carbonyl (C=O) groups excluding carboxylic acids is 1. The Balaban J connectivity index is 1.48. The molecule has 2 aromatic heterocycles. The average molecular weight is 369 g/mol. The number of hydrogen-bond donors (Lipinski definition) is 2. The van der Waals surface area contributed by atoms with Gasteiger partial charge in [0.2, 0.25) is 0 Å². The highest BCUT2D eigenvalue weighted by Crippen LogP contribution is 2.30. The van der Waals surface area contributed by atoms with Crippen molar-refractivity contribution in [2.75, 3.05) is 6.54 Å². The Kier molecular flexibility index (Phi) is 4.88. The number of amides is 2. The van der Waals surface area contributed by atoms with Crippen molar-refractivity contribution >= 4 is 28.4 Å². The zero-order valence-electron chi connectivity index (χ0n) is 14.9. The highest BCUT2D eigenvalue weighted by molar-refractivity contribution is 7.09. The minimum atomic E-state index is -0.0406. The largest absolute Gasteiger partial charge is 0.340 e. The van der Waals surface area contributed by atoms with E-state index in [1.165, 1.54) is 0 Å². The Hall–Kier alpha value is -2.41. The molecule has 0 radical (unpaired) electrons. The lowest BCUT2D eigenvalue weighted by molar-refractivity contribution is 0.147. The van der Waals surface area contributed by atoms with Gasteiger partial charge in [0.1, 0.15) is 5.82 Å². The number of aromatic amines is 1. The van der Waals surface area contributed by atoms with Crippen LogP contribution in [-0.4, -0.2) is 32.4 Å². The van der Waals surface area contributed by atoms with Gasteiger partial charge in [-0.2, -0.15) is 0 Å². The summed E-state index contributed by atoms with van der Waals surface area (Å²) in [6.07, 6.45) is 4.00. The van der Waals surface area contributed by atoms with Crippen molar-refractivity contribution in [3.05, 3.63) is 46.2 Å². The van der Waals surface area contributed by atoms with E-state index in [9.17, 15) is 4.79 Å². The summed E-state index contributed by atoms with van der Waals surface area (Å²) in [5.74, 6) is 0.878. The second-order valence-corrected chi connectivity index (χ2v) is 7.53. The maximum absolute atomic E-state index is 12.8. The van der Waals surface area contributed by atoms with Crippen molar-refractivity contribution in [2.24, 2.45) is 0 Å². The third-order valence-corrected chi connectivity index (χ3v) is 5.85. The summed E-state index contributed by atoms with van der Waals surface area (Å²) in [6, 6.07) is 7.95. The van der Waals surface area contributed by atoms with Gasteiger partial charge in [-0.15, -0.1) is 11.3 Å². The van der Waals surface area contributed by atoms with Crippen molar-refractivity contribution < 1.29 is 4.79 Å². The first-order chi connectivity index (χ1) is 12.7. The predicted octanol–water partition coefficient (Wildman–Crippen LogP) is 4.02. The molecule has 4 rings (SSSR count). The van der Waals surface area contributed by atoms with E-state index in [4.69, 9.17) is 4.98 Å². The number of piperidine rings is 1. The second kappa shape index (κ2) is 7.45. The number of rotatable bonds is 4. The molecule has 7 heteroatoms. The average Bonchev–Trinajstić information content (AvgIpc) is 3.32. The van der Waals surface area contributed by atoms with E-state index in [1.807, 2.05) is 34.5 Å². The fourth-order valence-corrected chi connectivity index (χ4v) is 4.19. The number of benzene rings is 1. The standard InChI is InChI=1S/C19H23N5OS/c1-2-17-21-13(12-26-17)11-20-19(25)24-10-6-5-9-16(24)18-22-14-7-3-4-8-15(14)23-18/h3-4,7-8,12,16H,2,5-6,9-11H2,1H3,(H,20,25)(H,22,23). The molecule has 2 amide bonds. The molecule has 0 bridgehead atoms. The summed E-state index contributed by atoms with van der Waals surface area (Å²) >= 11 is 1.65. The number of hydrogen-bond acceptors (Lipinski definition) is 4. The zero-order valence-corrected chi connectivity index (χ0v) is 15.7. The third kappa shape index (κ3) is 3.44. The van der Waals surface area contributed by atoms with E-state index in [-0.39, 0.29) is 12.1 Å². The molecule has 1 atom stereocenters. The van der Waals surface area contributed by atoms with Crippen LogP contribution in [0.2, 0.25) is 0 Å². The lowest BCUT2D eigenvalue weighted by Gasteiger charge is -2.34. The van der Waals surface area contributed by atoms with Crippen molar-refractivity contribution in [2.45, 2.75) is 45.2 Å². The Morgan fingerprint density at radius 3 is 3.04 bits per heavy atom. The van der Waals surface area contributed by atoms with Crippen LogP contribution in [0.15, 0.2) is 29.6 Å². The van der Waals surface area contributed by atoms with Gasteiger partial charge in [0.05, 0.1) is 34.3 Å². The minimum absolute atomic E-state index is 0.00205. The molecule has 3 heterocycles. The van der Waals surface area contributed by atoms with Gasteiger partial charge in [-0.3, -0.25) is 0 Å². The first-order valence-corrected chi connectivity index (χ1v) is 10.0. The van der Waals surface area contributed by atoms with Crippen molar-refractivity contribution in [3.63, 3.8) is 0 Å². The number of thiazole rings is 1. The number of aromatic nitrogens is 3. The second-order valence-electron chi connectivity index (χ2n) is 6.59. The Morgan fingerprint density at radius 2 is 2.23 bits per heavy atom. The van der Waals surface area contributed by atoms with Crippen LogP contribution >= 0.6 is 11.3 Å². The predicted molar refractivity (Wildman–Crippen MR) is 103 cm³/mol. The molecular weight excluding hydrogens is 346 g/mol. The number of carbonyl (C=O) groups is 1. The molecule has 1 saturated heterocycles. The van der Waals surface area contributed by atoms with Gasteiger partial charge in [0.15, 0.2) is 0 Å². The molecule has 0 spiro atoms. The monoisotopic (exact) mass is 369 g/mol. The highest BCUT2D eigenvalue weighted by atomic mass is 32.1. The topological polar surface area (TPSA) is 73.9 Å². The van der Waals surface area contributed by atoms with Gasteiger partial charge in [0.25, 0.3) is 0 Å². The highest BCUT2D eigenvalue weighted by Gasteiger charge is 2.30. The van der Waals surface area contributed by atoms with E-state index < -0.39 is 0 Å². The van der Waals surface area contributed by atoms with Crippen LogP contribution in [0.25, 0.3) is 11.0 Å². The fourth-order valence-electron chi connectivity index (χ4n) is 3.45. The summed E-state index contributed by atoms with van der Waals surface area (Å²) in [7, 11) is 0. The number of para-hydroxylation sites is 2. The Bertz CT molecular complexity index is 869. The van der Waals surface area contributed by atoms with Gasteiger partial charge < -0.3 is 15.2 Å². The summed E-state index contributed by atoms with van der Waals surface area (Å²) in [5, 5.41) is 6.15. The van der Waals surface area contributed by atoms with E-state index in [0.29, 0.717) is 6.54 Å². The molecule has 3 aromatic rings. The van der Waals surface area contributed by atoms with Crippen molar-refractivity contribution in [3.8, 4) is 0 Å². The normalized spacial score (nSPS) is 17.6. The van der Waals surface area contributed by atoms with Crippen molar-refractivity contribution in [1.29, 1.82) is 0 Å². The van der Waals surface area contributed by atoms with Crippen LogP contribution in [0.5, 0.6) is 0 Å². The van der Waals surface area contributed by atoms with Crippen LogP contribution in [0, 0.1) is 0 Å². The lowest BCUT2D eigenvalue weighted by Crippen LogP contribution is -2.44. The molecule has 0 saturated carbocycles. The molecule has 1 aromatic carbocycles. The molecule has 26 heavy (non-hydrogen) atoms. The summed E-state index contributed by atoms with van der Waals surface area (Å²) < 4.78 is 0.